The van der Waals surface area contributed by atoms with Gasteiger partial charge >= 0.3 is 0 Å². The van der Waals surface area contributed by atoms with Gasteiger partial charge in [0.05, 0.1) is 15.7 Å². The van der Waals surface area contributed by atoms with Gasteiger partial charge < -0.3 is 16.3 Å². The van der Waals surface area contributed by atoms with Gasteiger partial charge in [-0.3, -0.25) is 0 Å². The molecule has 1 aromatic rings. The smallest absolute Gasteiger partial charge is 0.143 e. The number of halogens is 3. The summed E-state index contributed by atoms with van der Waals surface area (Å²) in [7, 11) is 0. The minimum absolute atomic E-state index is 0.129. The molecule has 4 N–H and O–H groups in total. The molecule has 0 saturated carbocycles. The zero-order chi connectivity index (χ0) is 13.0. The lowest BCUT2D eigenvalue weighted by molar-refractivity contribution is 0.315. The fraction of sp³-hybridized carbons (Fsp3) is 0.300. The summed E-state index contributed by atoms with van der Waals surface area (Å²) in [5.41, 5.74) is 6.10. The predicted octanol–water partition coefficient (Wildman–Crippen LogP) is 3.55. The monoisotopic (exact) mass is 339 g/mol. The maximum atomic E-state index is 8.52. The molecule has 0 heterocycles. The Hall–Kier alpha value is -0.650. The Morgan fingerprint density at radius 2 is 2.06 bits per heavy atom. The maximum Gasteiger partial charge on any atom is 0.143 e. The number of nitrogens with two attached hydrogens (primary N) is 1. The summed E-state index contributed by atoms with van der Waals surface area (Å²) in [4.78, 5) is 0. The molecule has 0 bridgehead atoms. The zero-order valence-corrected chi connectivity index (χ0v) is 12.1. The van der Waals surface area contributed by atoms with Crippen molar-refractivity contribution < 1.29 is 5.21 Å². The lowest BCUT2D eigenvalue weighted by Gasteiger charge is -2.14. The molecule has 0 aliphatic heterocycles. The molecule has 1 rings (SSSR count). The highest BCUT2D eigenvalue weighted by Gasteiger charge is 2.11. The van der Waals surface area contributed by atoms with Crippen LogP contribution in [-0.4, -0.2) is 17.6 Å². The molecule has 4 nitrogen and oxygen atoms in total. The van der Waals surface area contributed by atoms with E-state index in [1.54, 1.807) is 12.1 Å². The normalized spacial score (nSPS) is 13.5. The number of nitrogens with zero attached hydrogens (tertiary/aromatic N) is 1. The minimum Gasteiger partial charge on any atom is -0.409 e. The van der Waals surface area contributed by atoms with Crippen LogP contribution in [0.2, 0.25) is 10.0 Å². The Morgan fingerprint density at radius 1 is 1.53 bits per heavy atom. The fourth-order valence-electron chi connectivity index (χ4n) is 1.17. The largest absolute Gasteiger partial charge is 0.409 e. The number of hydrogen-bond acceptors (Lipinski definition) is 3. The van der Waals surface area contributed by atoms with Crippen molar-refractivity contribution in [2.45, 2.75) is 6.92 Å². The average Bonchev–Trinajstić information content (AvgIpc) is 2.26. The van der Waals surface area contributed by atoms with Crippen molar-refractivity contribution in [3.8, 4) is 0 Å². The molecule has 0 fully saturated rings. The molecule has 0 amide bonds. The molecule has 0 aliphatic rings. The third-order valence-corrected chi connectivity index (χ3v) is 3.27. The van der Waals surface area contributed by atoms with E-state index in [0.29, 0.717) is 22.3 Å². The molecular formula is C10H12BrCl2N3O. The summed E-state index contributed by atoms with van der Waals surface area (Å²) in [6.45, 7) is 2.29. The van der Waals surface area contributed by atoms with Crippen molar-refractivity contribution in [1.29, 1.82) is 0 Å². The van der Waals surface area contributed by atoms with Gasteiger partial charge in [0.2, 0.25) is 0 Å². The molecule has 0 radical (unpaired) electrons. The number of anilines is 1. The SMILES string of the molecule is CC(CNc1c(Cl)cc(Br)cc1Cl)C(N)=NO. The molecule has 1 aromatic carbocycles. The highest BCUT2D eigenvalue weighted by Crippen LogP contribution is 2.33. The van der Waals surface area contributed by atoms with E-state index in [9.17, 15) is 0 Å². The Kier molecular flexibility index (Phi) is 5.36. The molecule has 94 valence electrons. The summed E-state index contributed by atoms with van der Waals surface area (Å²) in [6.07, 6.45) is 0. The van der Waals surface area contributed by atoms with Crippen molar-refractivity contribution in [3.05, 3.63) is 26.7 Å². The predicted molar refractivity (Wildman–Crippen MR) is 75.2 cm³/mol. The van der Waals surface area contributed by atoms with E-state index in [2.05, 4.69) is 26.4 Å². The maximum absolute atomic E-state index is 8.52. The Balaban J connectivity index is 2.76. The van der Waals surface area contributed by atoms with Gasteiger partial charge in [-0.1, -0.05) is 51.2 Å². The number of nitrogens with one attached hydrogen (secondary N) is 1. The fourth-order valence-corrected chi connectivity index (χ4v) is 2.51. The molecule has 0 aliphatic carbocycles. The van der Waals surface area contributed by atoms with Crippen LogP contribution in [0.25, 0.3) is 0 Å². The van der Waals surface area contributed by atoms with Crippen molar-refractivity contribution in [2.24, 2.45) is 16.8 Å². The van der Waals surface area contributed by atoms with Crippen LogP contribution in [0.15, 0.2) is 21.8 Å². The van der Waals surface area contributed by atoms with Gasteiger partial charge in [-0.15, -0.1) is 0 Å². The number of benzene rings is 1. The summed E-state index contributed by atoms with van der Waals surface area (Å²) >= 11 is 15.4. The summed E-state index contributed by atoms with van der Waals surface area (Å²) in [5.74, 6) is 0.0256. The summed E-state index contributed by atoms with van der Waals surface area (Å²) in [6, 6.07) is 3.48. The van der Waals surface area contributed by atoms with Crippen molar-refractivity contribution in [2.75, 3.05) is 11.9 Å². The third kappa shape index (κ3) is 3.94. The van der Waals surface area contributed by atoms with Crippen LogP contribution in [0.5, 0.6) is 0 Å². The van der Waals surface area contributed by atoms with E-state index < -0.39 is 0 Å². The van der Waals surface area contributed by atoms with E-state index in [-0.39, 0.29) is 11.8 Å². The molecule has 1 unspecified atom stereocenters. The molecule has 1 atom stereocenters. The molecule has 0 aromatic heterocycles. The van der Waals surface area contributed by atoms with E-state index in [1.165, 1.54) is 0 Å². The standard InChI is InChI=1S/C10H12BrCl2N3O/c1-5(10(14)16-17)4-15-9-7(12)2-6(11)3-8(9)13/h2-3,5,15,17H,4H2,1H3,(H2,14,16). The van der Waals surface area contributed by atoms with Gasteiger partial charge in [-0.25, -0.2) is 0 Å². The van der Waals surface area contributed by atoms with Crippen LogP contribution < -0.4 is 11.1 Å². The van der Waals surface area contributed by atoms with Gasteiger partial charge in [0, 0.05) is 16.9 Å². The Morgan fingerprint density at radius 3 is 2.53 bits per heavy atom. The third-order valence-electron chi connectivity index (χ3n) is 2.21. The molecule has 0 spiro atoms. The van der Waals surface area contributed by atoms with Gasteiger partial charge in [0.25, 0.3) is 0 Å². The second kappa shape index (κ2) is 6.33. The Bertz CT molecular complexity index is 417. The second-order valence-corrected chi connectivity index (χ2v) is 5.28. The average molecular weight is 341 g/mol. The topological polar surface area (TPSA) is 70.6 Å². The van der Waals surface area contributed by atoms with Crippen molar-refractivity contribution in [3.63, 3.8) is 0 Å². The van der Waals surface area contributed by atoms with E-state index >= 15 is 0 Å². The number of hydrogen-bond donors (Lipinski definition) is 3. The quantitative estimate of drug-likeness (QED) is 0.340. The van der Waals surface area contributed by atoms with Crippen LogP contribution in [-0.2, 0) is 0 Å². The van der Waals surface area contributed by atoms with Crippen LogP contribution in [0.3, 0.4) is 0 Å². The van der Waals surface area contributed by atoms with Gasteiger partial charge in [-0.05, 0) is 12.1 Å². The molecule has 7 heteroatoms. The number of rotatable bonds is 4. The first-order chi connectivity index (χ1) is 7.95. The zero-order valence-electron chi connectivity index (χ0n) is 9.04. The second-order valence-electron chi connectivity index (χ2n) is 3.55. The minimum atomic E-state index is -0.129. The number of oxime groups is 1. The summed E-state index contributed by atoms with van der Waals surface area (Å²) in [5, 5.41) is 15.6. The molecule has 17 heavy (non-hydrogen) atoms. The van der Waals surface area contributed by atoms with Crippen LogP contribution >= 0.6 is 39.1 Å². The Labute approximate surface area is 118 Å². The summed E-state index contributed by atoms with van der Waals surface area (Å²) < 4.78 is 0.808. The van der Waals surface area contributed by atoms with Gasteiger partial charge in [-0.2, -0.15) is 0 Å². The van der Waals surface area contributed by atoms with Crippen molar-refractivity contribution in [1.82, 2.24) is 0 Å². The molecular weight excluding hydrogens is 329 g/mol. The van der Waals surface area contributed by atoms with E-state index in [1.807, 2.05) is 6.92 Å². The first-order valence-corrected chi connectivity index (χ1v) is 6.36. The first-order valence-electron chi connectivity index (χ1n) is 4.81. The van der Waals surface area contributed by atoms with Gasteiger partial charge in [0.1, 0.15) is 5.84 Å². The lowest BCUT2D eigenvalue weighted by atomic mass is 10.1. The van der Waals surface area contributed by atoms with Gasteiger partial charge in [0.15, 0.2) is 0 Å². The highest BCUT2D eigenvalue weighted by atomic mass is 79.9. The van der Waals surface area contributed by atoms with Crippen LogP contribution in [0.1, 0.15) is 6.92 Å². The van der Waals surface area contributed by atoms with Crippen LogP contribution in [0, 0.1) is 5.92 Å². The highest BCUT2D eigenvalue weighted by molar-refractivity contribution is 9.10. The van der Waals surface area contributed by atoms with Crippen molar-refractivity contribution >= 4 is 50.7 Å². The first kappa shape index (κ1) is 14.4. The lowest BCUT2D eigenvalue weighted by Crippen LogP contribution is -2.27. The van der Waals surface area contributed by atoms with E-state index in [0.717, 1.165) is 4.47 Å². The van der Waals surface area contributed by atoms with E-state index in [4.69, 9.17) is 34.1 Å². The molecule has 0 saturated heterocycles. The number of amidine groups is 1. The van der Waals surface area contributed by atoms with Crippen LogP contribution in [0.4, 0.5) is 5.69 Å².